The molecule has 29 heavy (non-hydrogen) atoms. The van der Waals surface area contributed by atoms with Gasteiger partial charge in [-0.25, -0.2) is 0 Å². The normalized spacial score (nSPS) is 18.8. The average molecular weight is 399 g/mol. The van der Waals surface area contributed by atoms with Crippen LogP contribution in [0.1, 0.15) is 24.5 Å². The minimum Gasteiger partial charge on any atom is -0.484 e. The van der Waals surface area contributed by atoms with Crippen LogP contribution < -0.4 is 10.1 Å². The van der Waals surface area contributed by atoms with Crippen LogP contribution in [0.4, 0.5) is 0 Å². The van der Waals surface area contributed by atoms with Gasteiger partial charge in [0.25, 0.3) is 11.8 Å². The first-order valence-electron chi connectivity index (χ1n) is 9.96. The van der Waals surface area contributed by atoms with Gasteiger partial charge in [0.2, 0.25) is 0 Å². The molecular weight excluding hydrogens is 374 g/mol. The molecule has 0 radical (unpaired) electrons. The summed E-state index contributed by atoms with van der Waals surface area (Å²) < 4.78 is 13.0. The third-order valence-corrected chi connectivity index (χ3v) is 5.18. The van der Waals surface area contributed by atoms with Crippen LogP contribution in [0.3, 0.4) is 0 Å². The van der Waals surface area contributed by atoms with Crippen molar-refractivity contribution in [1.29, 1.82) is 0 Å². The fourth-order valence-electron chi connectivity index (χ4n) is 3.60. The predicted octanol–water partition coefficient (Wildman–Crippen LogP) is 0.537. The quantitative estimate of drug-likeness (QED) is 0.761. The number of benzene rings is 1. The van der Waals surface area contributed by atoms with Crippen molar-refractivity contribution < 1.29 is 19.1 Å². The molecule has 1 atom stereocenters. The molecule has 0 spiro atoms. The van der Waals surface area contributed by atoms with Crippen molar-refractivity contribution in [2.24, 2.45) is 0 Å². The molecule has 0 bridgehead atoms. The second-order valence-corrected chi connectivity index (χ2v) is 7.14. The number of carbonyl (C=O) groups is 2. The van der Waals surface area contributed by atoms with E-state index in [1.165, 1.54) is 0 Å². The number of ether oxygens (including phenoxy) is 2. The van der Waals surface area contributed by atoms with Crippen LogP contribution >= 0.6 is 0 Å². The lowest BCUT2D eigenvalue weighted by molar-refractivity contribution is -0.140. The first-order chi connectivity index (χ1) is 14.2. The number of nitrogens with zero attached hydrogens (tertiary/aromatic N) is 4. The van der Waals surface area contributed by atoms with Gasteiger partial charge < -0.3 is 24.3 Å². The summed E-state index contributed by atoms with van der Waals surface area (Å²) >= 11 is 0. The second kappa shape index (κ2) is 9.04. The highest BCUT2D eigenvalue weighted by molar-refractivity contribution is 5.81. The van der Waals surface area contributed by atoms with Crippen molar-refractivity contribution in [1.82, 2.24) is 25.0 Å². The molecular formula is C20H25N5O4. The lowest BCUT2D eigenvalue weighted by Gasteiger charge is -2.23. The monoisotopic (exact) mass is 399 g/mol. The van der Waals surface area contributed by atoms with E-state index in [-0.39, 0.29) is 31.1 Å². The molecule has 9 nitrogen and oxygen atoms in total. The summed E-state index contributed by atoms with van der Waals surface area (Å²) in [6, 6.07) is 9.20. The van der Waals surface area contributed by atoms with Crippen LogP contribution in [0.5, 0.6) is 5.75 Å². The largest absolute Gasteiger partial charge is 0.484 e. The Labute approximate surface area is 169 Å². The minimum absolute atomic E-state index is 0.0608. The molecule has 9 heteroatoms. The zero-order valence-corrected chi connectivity index (χ0v) is 16.2. The smallest absolute Gasteiger partial charge is 0.258 e. The highest BCUT2D eigenvalue weighted by atomic mass is 16.5. The number of para-hydroxylation sites is 1. The zero-order valence-electron chi connectivity index (χ0n) is 16.2. The molecule has 0 saturated carbocycles. The van der Waals surface area contributed by atoms with Crippen LogP contribution in [0.2, 0.25) is 0 Å². The van der Waals surface area contributed by atoms with E-state index in [4.69, 9.17) is 9.47 Å². The van der Waals surface area contributed by atoms with Gasteiger partial charge in [-0.15, -0.1) is 10.2 Å². The third kappa shape index (κ3) is 4.73. The Morgan fingerprint density at radius 1 is 1.17 bits per heavy atom. The Hall–Kier alpha value is -2.94. The molecule has 0 aliphatic carbocycles. The van der Waals surface area contributed by atoms with Gasteiger partial charge in [-0.1, -0.05) is 18.2 Å². The van der Waals surface area contributed by atoms with Gasteiger partial charge in [-0.05, 0) is 25.0 Å². The number of amides is 2. The van der Waals surface area contributed by atoms with Crippen LogP contribution in [-0.4, -0.2) is 63.9 Å². The van der Waals surface area contributed by atoms with E-state index in [9.17, 15) is 9.59 Å². The van der Waals surface area contributed by atoms with Crippen molar-refractivity contribution in [3.63, 3.8) is 0 Å². The molecule has 2 aliphatic heterocycles. The SMILES string of the molecule is O=C(COc1ccccc1)NCc1nnc2n1CCN(C(=O)[C@@H]1CCCO1)CC2. The number of carbonyl (C=O) groups excluding carboxylic acids is 2. The van der Waals surface area contributed by atoms with Gasteiger partial charge in [0, 0.05) is 32.7 Å². The number of rotatable bonds is 6. The van der Waals surface area contributed by atoms with Crippen molar-refractivity contribution in [3.05, 3.63) is 42.0 Å². The molecule has 1 saturated heterocycles. The van der Waals surface area contributed by atoms with E-state index in [1.54, 1.807) is 12.1 Å². The number of hydrogen-bond acceptors (Lipinski definition) is 6. The van der Waals surface area contributed by atoms with Crippen molar-refractivity contribution in [3.8, 4) is 5.75 Å². The topological polar surface area (TPSA) is 98.6 Å². The average Bonchev–Trinajstić information content (AvgIpc) is 3.37. The van der Waals surface area contributed by atoms with Crippen molar-refractivity contribution in [2.45, 2.75) is 38.5 Å². The van der Waals surface area contributed by atoms with Crippen molar-refractivity contribution >= 4 is 11.8 Å². The number of fused-ring (bicyclic) bond motifs is 1. The Balaban J connectivity index is 1.29. The number of hydrogen-bond donors (Lipinski definition) is 1. The first-order valence-corrected chi connectivity index (χ1v) is 9.96. The van der Waals surface area contributed by atoms with Gasteiger partial charge in [-0.3, -0.25) is 9.59 Å². The minimum atomic E-state index is -0.304. The van der Waals surface area contributed by atoms with E-state index >= 15 is 0 Å². The molecule has 2 aliphatic rings. The molecule has 3 heterocycles. The molecule has 2 aromatic rings. The summed E-state index contributed by atoms with van der Waals surface area (Å²) in [6.45, 7) is 2.66. The Kier molecular flexibility index (Phi) is 6.04. The zero-order chi connectivity index (χ0) is 20.1. The maximum Gasteiger partial charge on any atom is 0.258 e. The predicted molar refractivity (Wildman–Crippen MR) is 103 cm³/mol. The van der Waals surface area contributed by atoms with Gasteiger partial charge in [0.15, 0.2) is 12.4 Å². The second-order valence-electron chi connectivity index (χ2n) is 7.14. The summed E-state index contributed by atoms with van der Waals surface area (Å²) in [4.78, 5) is 26.5. The standard InChI is InChI=1S/C20H25N5O4/c26-19(14-29-15-5-2-1-3-6-15)21-13-18-23-22-17-8-9-24(10-11-25(17)18)20(27)16-7-4-12-28-16/h1-3,5-6,16H,4,7-14H2,(H,21,26)/t16-/m0/s1. The van der Waals surface area contributed by atoms with Crippen LogP contribution in [0.15, 0.2) is 30.3 Å². The fourth-order valence-corrected chi connectivity index (χ4v) is 3.60. The van der Waals surface area contributed by atoms with Crippen LogP contribution in [0.25, 0.3) is 0 Å². The van der Waals surface area contributed by atoms with Gasteiger partial charge in [-0.2, -0.15) is 0 Å². The number of nitrogens with one attached hydrogen (secondary N) is 1. The molecule has 4 rings (SSSR count). The van der Waals surface area contributed by atoms with Crippen LogP contribution in [0, 0.1) is 0 Å². The molecule has 1 aromatic heterocycles. The third-order valence-electron chi connectivity index (χ3n) is 5.18. The Bertz CT molecular complexity index is 848. The highest BCUT2D eigenvalue weighted by Crippen LogP contribution is 2.17. The summed E-state index contributed by atoms with van der Waals surface area (Å²) in [7, 11) is 0. The van der Waals surface area contributed by atoms with Crippen LogP contribution in [-0.2, 0) is 33.8 Å². The fraction of sp³-hybridized carbons (Fsp3) is 0.500. The highest BCUT2D eigenvalue weighted by Gasteiger charge is 2.30. The number of aromatic nitrogens is 3. The summed E-state index contributed by atoms with van der Waals surface area (Å²) in [5, 5.41) is 11.3. The lowest BCUT2D eigenvalue weighted by Crippen LogP contribution is -2.40. The van der Waals surface area contributed by atoms with E-state index in [0.717, 1.165) is 18.7 Å². The van der Waals surface area contributed by atoms with Gasteiger partial charge >= 0.3 is 0 Å². The summed E-state index contributed by atoms with van der Waals surface area (Å²) in [5.41, 5.74) is 0. The molecule has 1 fully saturated rings. The molecule has 2 amide bonds. The summed E-state index contributed by atoms with van der Waals surface area (Å²) in [5.74, 6) is 2.00. The van der Waals surface area contributed by atoms with E-state index < -0.39 is 0 Å². The maximum atomic E-state index is 12.6. The van der Waals surface area contributed by atoms with Crippen molar-refractivity contribution in [2.75, 3.05) is 26.3 Å². The molecule has 1 N–H and O–H groups in total. The molecule has 1 aromatic carbocycles. The van der Waals surface area contributed by atoms with Gasteiger partial charge in [0.05, 0.1) is 6.54 Å². The Morgan fingerprint density at radius 3 is 2.83 bits per heavy atom. The first kappa shape index (κ1) is 19.4. The van der Waals surface area contributed by atoms with E-state index in [0.29, 0.717) is 44.2 Å². The maximum absolute atomic E-state index is 12.6. The van der Waals surface area contributed by atoms with Gasteiger partial charge in [0.1, 0.15) is 17.7 Å². The Morgan fingerprint density at radius 2 is 2.03 bits per heavy atom. The van der Waals surface area contributed by atoms with E-state index in [1.807, 2.05) is 27.7 Å². The molecule has 154 valence electrons. The molecule has 0 unspecified atom stereocenters. The van der Waals surface area contributed by atoms with E-state index in [2.05, 4.69) is 15.5 Å². The summed E-state index contributed by atoms with van der Waals surface area (Å²) in [6.07, 6.45) is 2.07. The lowest BCUT2D eigenvalue weighted by atomic mass is 10.2.